The fourth-order valence-corrected chi connectivity index (χ4v) is 3.24. The van der Waals surface area contributed by atoms with Crippen LogP contribution in [0.1, 0.15) is 44.8 Å². The maximum absolute atomic E-state index is 6.48. The number of nitrogens with two attached hydrogens (primary N) is 1. The van der Waals surface area contributed by atoms with E-state index in [0.717, 1.165) is 36.6 Å². The Kier molecular flexibility index (Phi) is 5.76. The van der Waals surface area contributed by atoms with Gasteiger partial charge in [-0.15, -0.1) is 11.3 Å². The van der Waals surface area contributed by atoms with Crippen LogP contribution in [0.25, 0.3) is 0 Å². The third kappa shape index (κ3) is 3.31. The van der Waals surface area contributed by atoms with Gasteiger partial charge in [-0.1, -0.05) is 20.8 Å². The lowest BCUT2D eigenvalue weighted by Crippen LogP contribution is -2.58. The van der Waals surface area contributed by atoms with Crippen LogP contribution < -0.4 is 5.73 Å². The van der Waals surface area contributed by atoms with Crippen LogP contribution >= 0.6 is 11.3 Å². The minimum atomic E-state index is 0.0566. The minimum absolute atomic E-state index is 0.0566. The van der Waals surface area contributed by atoms with Crippen molar-refractivity contribution < 1.29 is 0 Å². The lowest BCUT2D eigenvalue weighted by Gasteiger charge is -2.44. The summed E-state index contributed by atoms with van der Waals surface area (Å²) in [6.45, 7) is 13.1. The summed E-state index contributed by atoms with van der Waals surface area (Å²) in [5.41, 5.74) is 7.67. The maximum Gasteiger partial charge on any atom is 0.0897 e. The number of likely N-dealkylation sites (N-methyl/N-ethyl adjacent to an activating group) is 1. The van der Waals surface area contributed by atoms with Gasteiger partial charge in [0.1, 0.15) is 0 Å². The van der Waals surface area contributed by atoms with Gasteiger partial charge in [-0.05, 0) is 33.4 Å². The Morgan fingerprint density at radius 2 is 2.00 bits per heavy atom. The quantitative estimate of drug-likeness (QED) is 0.827. The third-order valence-electron chi connectivity index (χ3n) is 4.10. The molecule has 0 saturated heterocycles. The van der Waals surface area contributed by atoms with E-state index in [9.17, 15) is 0 Å². The van der Waals surface area contributed by atoms with Crippen molar-refractivity contribution >= 4 is 11.3 Å². The first kappa shape index (κ1) is 15.6. The Bertz CT molecular complexity index is 360. The zero-order valence-corrected chi connectivity index (χ0v) is 13.2. The molecule has 0 fully saturated rings. The summed E-state index contributed by atoms with van der Waals surface area (Å²) in [6.07, 6.45) is 1.93. The molecule has 2 unspecified atom stereocenters. The van der Waals surface area contributed by atoms with Crippen molar-refractivity contribution in [3.05, 3.63) is 16.1 Å². The van der Waals surface area contributed by atoms with Gasteiger partial charge in [0.25, 0.3) is 0 Å². The van der Waals surface area contributed by atoms with Gasteiger partial charge in [0.05, 0.1) is 10.7 Å². The van der Waals surface area contributed by atoms with Crippen molar-refractivity contribution in [2.45, 2.75) is 59.0 Å². The van der Waals surface area contributed by atoms with Crippen molar-refractivity contribution in [1.82, 2.24) is 9.88 Å². The molecule has 4 heteroatoms. The van der Waals surface area contributed by atoms with Gasteiger partial charge in [-0.2, -0.15) is 0 Å². The molecule has 0 amide bonds. The Morgan fingerprint density at radius 1 is 1.39 bits per heavy atom. The van der Waals surface area contributed by atoms with Gasteiger partial charge in [0, 0.05) is 23.4 Å². The molecule has 2 N–H and O–H groups in total. The molecule has 1 aromatic rings. The molecule has 0 aromatic carbocycles. The average molecular weight is 269 g/mol. The van der Waals surface area contributed by atoms with E-state index < -0.39 is 0 Å². The molecule has 18 heavy (non-hydrogen) atoms. The van der Waals surface area contributed by atoms with Gasteiger partial charge in [-0.25, -0.2) is 4.98 Å². The first-order valence-corrected chi connectivity index (χ1v) is 7.77. The fourth-order valence-electron chi connectivity index (χ4n) is 2.61. The van der Waals surface area contributed by atoms with Crippen molar-refractivity contribution in [2.24, 2.45) is 5.73 Å². The van der Waals surface area contributed by atoms with Crippen LogP contribution in [0.15, 0.2) is 5.38 Å². The van der Waals surface area contributed by atoms with Crippen LogP contribution in [0, 0.1) is 6.92 Å². The number of rotatable bonds is 7. The Labute approximate surface area is 115 Å². The largest absolute Gasteiger partial charge is 0.326 e. The summed E-state index contributed by atoms with van der Waals surface area (Å²) in [7, 11) is 0. The smallest absolute Gasteiger partial charge is 0.0897 e. The van der Waals surface area contributed by atoms with Crippen LogP contribution in [-0.2, 0) is 6.42 Å². The first-order chi connectivity index (χ1) is 8.47. The molecule has 0 aliphatic heterocycles. The Morgan fingerprint density at radius 3 is 2.39 bits per heavy atom. The lowest BCUT2D eigenvalue weighted by molar-refractivity contribution is 0.0842. The second-order valence-corrected chi connectivity index (χ2v) is 6.11. The second-order valence-electron chi connectivity index (χ2n) is 5.05. The number of hydrogen-bond acceptors (Lipinski definition) is 4. The van der Waals surface area contributed by atoms with Crippen LogP contribution in [0.2, 0.25) is 0 Å². The average Bonchev–Trinajstić information content (AvgIpc) is 2.75. The van der Waals surface area contributed by atoms with Gasteiger partial charge in [0.2, 0.25) is 0 Å². The minimum Gasteiger partial charge on any atom is -0.326 e. The molecule has 0 aliphatic carbocycles. The highest BCUT2D eigenvalue weighted by molar-refractivity contribution is 7.09. The summed E-state index contributed by atoms with van der Waals surface area (Å²) in [5, 5.41) is 3.26. The summed E-state index contributed by atoms with van der Waals surface area (Å²) >= 11 is 1.70. The SMILES string of the molecule is CCN(CC)C(C)(CC)C(N)Cc1csc(C)n1. The highest BCUT2D eigenvalue weighted by atomic mass is 32.1. The van der Waals surface area contributed by atoms with E-state index in [4.69, 9.17) is 5.73 Å². The van der Waals surface area contributed by atoms with E-state index in [1.807, 2.05) is 6.92 Å². The summed E-state index contributed by atoms with van der Waals surface area (Å²) in [5.74, 6) is 0. The summed E-state index contributed by atoms with van der Waals surface area (Å²) in [6, 6.07) is 0.129. The predicted molar refractivity (Wildman–Crippen MR) is 80.1 cm³/mol. The second kappa shape index (κ2) is 6.64. The lowest BCUT2D eigenvalue weighted by atomic mass is 9.85. The maximum atomic E-state index is 6.48. The van der Waals surface area contributed by atoms with Crippen molar-refractivity contribution in [2.75, 3.05) is 13.1 Å². The number of aromatic nitrogens is 1. The van der Waals surface area contributed by atoms with E-state index in [1.54, 1.807) is 11.3 Å². The normalized spacial score (nSPS) is 16.8. The molecule has 0 saturated carbocycles. The molecule has 2 atom stereocenters. The highest BCUT2D eigenvalue weighted by Gasteiger charge is 2.34. The number of hydrogen-bond donors (Lipinski definition) is 1. The molecule has 0 spiro atoms. The zero-order valence-electron chi connectivity index (χ0n) is 12.4. The molecule has 1 aromatic heterocycles. The molecule has 1 rings (SSSR count). The van der Waals surface area contributed by atoms with Crippen LogP contribution in [0.3, 0.4) is 0 Å². The zero-order chi connectivity index (χ0) is 13.8. The number of thiazole rings is 1. The van der Waals surface area contributed by atoms with E-state index in [0.29, 0.717) is 0 Å². The Balaban J connectivity index is 2.80. The van der Waals surface area contributed by atoms with Crippen LogP contribution in [-0.4, -0.2) is 34.6 Å². The van der Waals surface area contributed by atoms with E-state index in [-0.39, 0.29) is 11.6 Å². The van der Waals surface area contributed by atoms with Crippen LogP contribution in [0.5, 0.6) is 0 Å². The van der Waals surface area contributed by atoms with E-state index >= 15 is 0 Å². The summed E-state index contributed by atoms with van der Waals surface area (Å²) in [4.78, 5) is 7.00. The van der Waals surface area contributed by atoms with E-state index in [2.05, 4.69) is 43.0 Å². The van der Waals surface area contributed by atoms with Crippen molar-refractivity contribution in [3.8, 4) is 0 Å². The topological polar surface area (TPSA) is 42.1 Å². The molecule has 104 valence electrons. The number of aryl methyl sites for hydroxylation is 1. The van der Waals surface area contributed by atoms with Crippen molar-refractivity contribution in [1.29, 1.82) is 0 Å². The highest BCUT2D eigenvalue weighted by Crippen LogP contribution is 2.25. The molecular weight excluding hydrogens is 242 g/mol. The summed E-state index contributed by atoms with van der Waals surface area (Å²) < 4.78 is 0. The Hall–Kier alpha value is -0.450. The molecule has 1 heterocycles. The van der Waals surface area contributed by atoms with E-state index in [1.165, 1.54) is 0 Å². The predicted octanol–water partition coefficient (Wildman–Crippen LogP) is 2.83. The van der Waals surface area contributed by atoms with Gasteiger partial charge >= 0.3 is 0 Å². The van der Waals surface area contributed by atoms with Crippen LogP contribution in [0.4, 0.5) is 0 Å². The van der Waals surface area contributed by atoms with Gasteiger partial charge in [-0.3, -0.25) is 4.90 Å². The van der Waals surface area contributed by atoms with Gasteiger partial charge in [0.15, 0.2) is 0 Å². The fraction of sp³-hybridized carbons (Fsp3) is 0.786. The molecule has 0 bridgehead atoms. The molecular formula is C14H27N3S. The first-order valence-electron chi connectivity index (χ1n) is 6.89. The number of nitrogens with zero attached hydrogens (tertiary/aromatic N) is 2. The molecule has 3 nitrogen and oxygen atoms in total. The monoisotopic (exact) mass is 269 g/mol. The molecule has 0 radical (unpaired) electrons. The standard InChI is InChI=1S/C14H27N3S/c1-6-14(5,17(7-2)8-3)13(15)9-12-10-18-11(4)16-12/h10,13H,6-9,15H2,1-5H3. The third-order valence-corrected chi connectivity index (χ3v) is 4.92. The van der Waals surface area contributed by atoms with Gasteiger partial charge < -0.3 is 5.73 Å². The van der Waals surface area contributed by atoms with Crippen molar-refractivity contribution in [3.63, 3.8) is 0 Å². The molecule has 0 aliphatic rings.